The molecule has 5 heteroatoms. The first-order valence-corrected chi connectivity index (χ1v) is 8.31. The molecule has 0 unspecified atom stereocenters. The van der Waals surface area contributed by atoms with Crippen molar-refractivity contribution in [1.29, 1.82) is 0 Å². The molecule has 132 valence electrons. The van der Waals surface area contributed by atoms with Crippen LogP contribution in [-0.4, -0.2) is 25.5 Å². The van der Waals surface area contributed by atoms with Crippen molar-refractivity contribution in [3.05, 3.63) is 71.3 Å². The number of carbonyl (C=O) groups excluding carboxylic acids is 2. The molecule has 0 atom stereocenters. The Hall–Kier alpha value is -2.66. The first kappa shape index (κ1) is 18.7. The molecule has 0 heterocycles. The highest BCUT2D eigenvalue weighted by Crippen LogP contribution is 2.05. The Morgan fingerprint density at radius 2 is 1.52 bits per heavy atom. The lowest BCUT2D eigenvalue weighted by molar-refractivity contribution is -0.122. The lowest BCUT2D eigenvalue weighted by Gasteiger charge is -2.08. The van der Waals surface area contributed by atoms with Gasteiger partial charge in [0.2, 0.25) is 11.8 Å². The largest absolute Gasteiger partial charge is 0.380 e. The lowest BCUT2D eigenvalue weighted by atomic mass is 10.1. The third-order valence-electron chi connectivity index (χ3n) is 3.71. The summed E-state index contributed by atoms with van der Waals surface area (Å²) < 4.78 is 5.06. The Morgan fingerprint density at radius 1 is 0.840 bits per heavy atom. The SMILES string of the molecule is COCc1ccc(CNC(=O)CCNC(=O)Cc2ccccc2)cc1. The van der Waals surface area contributed by atoms with Crippen molar-refractivity contribution in [2.45, 2.75) is 26.0 Å². The van der Waals surface area contributed by atoms with Crippen LogP contribution in [0.3, 0.4) is 0 Å². The topological polar surface area (TPSA) is 67.4 Å². The van der Waals surface area contributed by atoms with E-state index in [1.54, 1.807) is 7.11 Å². The number of methoxy groups -OCH3 is 1. The Bertz CT molecular complexity index is 669. The predicted octanol–water partition coefficient (Wildman–Crippen LogP) is 2.20. The predicted molar refractivity (Wildman–Crippen MR) is 96.8 cm³/mol. The average Bonchev–Trinajstić information content (AvgIpc) is 2.62. The van der Waals surface area contributed by atoms with Gasteiger partial charge < -0.3 is 15.4 Å². The van der Waals surface area contributed by atoms with E-state index in [9.17, 15) is 9.59 Å². The molecule has 0 spiro atoms. The van der Waals surface area contributed by atoms with Crippen molar-refractivity contribution in [2.75, 3.05) is 13.7 Å². The molecule has 0 aliphatic rings. The number of carbonyl (C=O) groups is 2. The van der Waals surface area contributed by atoms with Crippen LogP contribution in [0.4, 0.5) is 0 Å². The highest BCUT2D eigenvalue weighted by atomic mass is 16.5. The minimum atomic E-state index is -0.0824. The fraction of sp³-hybridized carbons (Fsp3) is 0.300. The van der Waals surface area contributed by atoms with Gasteiger partial charge in [0, 0.05) is 26.6 Å². The van der Waals surface area contributed by atoms with E-state index in [4.69, 9.17) is 4.74 Å². The van der Waals surface area contributed by atoms with Crippen LogP contribution in [0.5, 0.6) is 0 Å². The first-order valence-electron chi connectivity index (χ1n) is 8.31. The highest BCUT2D eigenvalue weighted by Gasteiger charge is 2.05. The summed E-state index contributed by atoms with van der Waals surface area (Å²) in [7, 11) is 1.66. The molecule has 0 aromatic heterocycles. The third kappa shape index (κ3) is 7.18. The molecule has 2 aromatic rings. The molecule has 2 N–H and O–H groups in total. The van der Waals surface area contributed by atoms with Gasteiger partial charge in [0.25, 0.3) is 0 Å². The monoisotopic (exact) mass is 340 g/mol. The van der Waals surface area contributed by atoms with Crippen LogP contribution in [0.25, 0.3) is 0 Å². The summed E-state index contributed by atoms with van der Waals surface area (Å²) in [4.78, 5) is 23.6. The van der Waals surface area contributed by atoms with E-state index in [2.05, 4.69) is 10.6 Å². The molecule has 0 saturated heterocycles. The maximum absolute atomic E-state index is 11.8. The van der Waals surface area contributed by atoms with E-state index in [1.807, 2.05) is 54.6 Å². The second-order valence-electron chi connectivity index (χ2n) is 5.79. The molecule has 5 nitrogen and oxygen atoms in total. The van der Waals surface area contributed by atoms with Gasteiger partial charge in [-0.25, -0.2) is 0 Å². The molecule has 2 aromatic carbocycles. The summed E-state index contributed by atoms with van der Waals surface area (Å²) in [5.74, 6) is -0.159. The van der Waals surface area contributed by atoms with Gasteiger partial charge >= 0.3 is 0 Å². The van der Waals surface area contributed by atoms with Crippen LogP contribution in [-0.2, 0) is 33.9 Å². The number of nitrogens with one attached hydrogen (secondary N) is 2. The van der Waals surface area contributed by atoms with Gasteiger partial charge in [-0.15, -0.1) is 0 Å². The zero-order valence-electron chi connectivity index (χ0n) is 14.5. The summed E-state index contributed by atoms with van der Waals surface area (Å²) in [5.41, 5.74) is 3.08. The maximum Gasteiger partial charge on any atom is 0.224 e. The van der Waals surface area contributed by atoms with Gasteiger partial charge in [0.15, 0.2) is 0 Å². The van der Waals surface area contributed by atoms with Gasteiger partial charge in [0.1, 0.15) is 0 Å². The molecule has 0 aliphatic carbocycles. The smallest absolute Gasteiger partial charge is 0.224 e. The zero-order chi connectivity index (χ0) is 17.9. The van der Waals surface area contributed by atoms with Crippen molar-refractivity contribution in [2.24, 2.45) is 0 Å². The second kappa shape index (κ2) is 10.3. The van der Waals surface area contributed by atoms with Gasteiger partial charge in [-0.1, -0.05) is 54.6 Å². The number of ether oxygens (including phenoxy) is 1. The molecule has 2 amide bonds. The lowest BCUT2D eigenvalue weighted by Crippen LogP contribution is -2.31. The number of hydrogen-bond donors (Lipinski definition) is 2. The maximum atomic E-state index is 11.8. The number of rotatable bonds is 9. The Kier molecular flexibility index (Phi) is 7.66. The number of benzene rings is 2. The van der Waals surface area contributed by atoms with Crippen LogP contribution < -0.4 is 10.6 Å². The van der Waals surface area contributed by atoms with Crippen LogP contribution in [0.2, 0.25) is 0 Å². The molecular weight excluding hydrogens is 316 g/mol. The van der Waals surface area contributed by atoms with Crippen molar-refractivity contribution in [3.8, 4) is 0 Å². The zero-order valence-corrected chi connectivity index (χ0v) is 14.5. The first-order chi connectivity index (χ1) is 12.2. The van der Waals surface area contributed by atoms with Crippen molar-refractivity contribution in [3.63, 3.8) is 0 Å². The van der Waals surface area contributed by atoms with Gasteiger partial charge in [-0.3, -0.25) is 9.59 Å². The van der Waals surface area contributed by atoms with Crippen LogP contribution >= 0.6 is 0 Å². The van der Waals surface area contributed by atoms with Crippen LogP contribution in [0.1, 0.15) is 23.1 Å². The van der Waals surface area contributed by atoms with Gasteiger partial charge in [-0.2, -0.15) is 0 Å². The normalized spacial score (nSPS) is 10.3. The van der Waals surface area contributed by atoms with E-state index < -0.39 is 0 Å². The number of amides is 2. The van der Waals surface area contributed by atoms with Crippen LogP contribution in [0, 0.1) is 0 Å². The summed E-state index contributed by atoms with van der Waals surface area (Å²) in [6.07, 6.45) is 0.596. The number of hydrogen-bond acceptors (Lipinski definition) is 3. The second-order valence-corrected chi connectivity index (χ2v) is 5.79. The highest BCUT2D eigenvalue weighted by molar-refractivity contribution is 5.80. The minimum absolute atomic E-state index is 0.0762. The molecule has 0 radical (unpaired) electrons. The molecule has 0 saturated carbocycles. The Balaban J connectivity index is 1.62. The van der Waals surface area contributed by atoms with E-state index in [0.717, 1.165) is 16.7 Å². The van der Waals surface area contributed by atoms with Crippen molar-refractivity contribution >= 4 is 11.8 Å². The summed E-state index contributed by atoms with van der Waals surface area (Å²) in [5, 5.41) is 5.62. The van der Waals surface area contributed by atoms with E-state index >= 15 is 0 Å². The molecule has 25 heavy (non-hydrogen) atoms. The van der Waals surface area contributed by atoms with Crippen molar-refractivity contribution in [1.82, 2.24) is 10.6 Å². The molecule has 2 rings (SSSR count). The molecule has 0 bridgehead atoms. The fourth-order valence-corrected chi connectivity index (χ4v) is 2.37. The van der Waals surface area contributed by atoms with Gasteiger partial charge in [0.05, 0.1) is 13.0 Å². The van der Waals surface area contributed by atoms with E-state index in [0.29, 0.717) is 26.1 Å². The van der Waals surface area contributed by atoms with Crippen molar-refractivity contribution < 1.29 is 14.3 Å². The minimum Gasteiger partial charge on any atom is -0.380 e. The van der Waals surface area contributed by atoms with E-state index in [-0.39, 0.29) is 18.2 Å². The fourth-order valence-electron chi connectivity index (χ4n) is 2.37. The molecular formula is C20H24N2O3. The molecule has 0 fully saturated rings. The Morgan fingerprint density at radius 3 is 2.20 bits per heavy atom. The summed E-state index contributed by atoms with van der Waals surface area (Å²) in [6.45, 7) is 1.39. The standard InChI is InChI=1S/C20H24N2O3/c1-25-15-18-9-7-17(8-10-18)14-22-19(23)11-12-21-20(24)13-16-5-3-2-4-6-16/h2-10H,11-15H2,1H3,(H,21,24)(H,22,23). The van der Waals surface area contributed by atoms with E-state index in [1.165, 1.54) is 0 Å². The third-order valence-corrected chi connectivity index (χ3v) is 3.71. The van der Waals surface area contributed by atoms with Gasteiger partial charge in [-0.05, 0) is 16.7 Å². The van der Waals surface area contributed by atoms with Crippen LogP contribution in [0.15, 0.2) is 54.6 Å². The summed E-state index contributed by atoms with van der Waals surface area (Å²) in [6, 6.07) is 17.4. The summed E-state index contributed by atoms with van der Waals surface area (Å²) >= 11 is 0. The Labute approximate surface area is 148 Å². The quantitative estimate of drug-likeness (QED) is 0.735. The average molecular weight is 340 g/mol. The molecule has 0 aliphatic heterocycles.